The van der Waals surface area contributed by atoms with Gasteiger partial charge in [0.1, 0.15) is 16.7 Å². The lowest BCUT2D eigenvalue weighted by Crippen LogP contribution is -2.29. The lowest BCUT2D eigenvalue weighted by molar-refractivity contribution is -0.122. The van der Waals surface area contributed by atoms with E-state index in [0.717, 1.165) is 46.7 Å². The molecule has 1 aliphatic rings. The highest BCUT2D eigenvalue weighted by molar-refractivity contribution is 8.26. The highest BCUT2D eigenvalue weighted by atomic mass is 35.5. The molecule has 0 radical (unpaired) electrons. The summed E-state index contributed by atoms with van der Waals surface area (Å²) in [6.45, 7) is 3.34. The number of para-hydroxylation sites is 1. The van der Waals surface area contributed by atoms with Crippen molar-refractivity contribution in [1.29, 1.82) is 0 Å². The van der Waals surface area contributed by atoms with Gasteiger partial charge in [0.2, 0.25) is 0 Å². The summed E-state index contributed by atoms with van der Waals surface area (Å²) in [5.41, 5.74) is 4.55. The summed E-state index contributed by atoms with van der Waals surface area (Å²) in [6.07, 6.45) is 10.9. The fourth-order valence-corrected chi connectivity index (χ4v) is 6.20. The topological polar surface area (TPSA) is 47.4 Å². The Morgan fingerprint density at radius 2 is 1.64 bits per heavy atom. The maximum absolute atomic E-state index is 13.4. The van der Waals surface area contributed by atoms with Crippen LogP contribution in [0.15, 0.2) is 90.0 Å². The highest BCUT2D eigenvalue weighted by Gasteiger charge is 2.32. The third-order valence-corrected chi connectivity index (χ3v) is 8.74. The first kappa shape index (κ1) is 30.1. The number of carbonyl (C=O) groups excluding carboxylic acids is 1. The summed E-state index contributed by atoms with van der Waals surface area (Å²) < 4.78 is 8.46. The van der Waals surface area contributed by atoms with Crippen LogP contribution in [0.2, 0.25) is 5.02 Å². The molecule has 1 fully saturated rings. The summed E-state index contributed by atoms with van der Waals surface area (Å²) in [5, 5.41) is 5.63. The molecule has 2 heterocycles. The smallest absolute Gasteiger partial charge is 0.266 e. The molecular formula is C34H34ClN3O2S2. The number of ether oxygens (including phenoxy) is 1. The largest absolute Gasteiger partial charge is 0.489 e. The SMILES string of the molecule is CCCCCCCCN1C(=O)C(=Cc2cn(-c3ccccc3)nc2-c2ccc(OCc3ccc(Cl)cc3)cc2)SC1=S. The van der Waals surface area contributed by atoms with Crippen molar-refractivity contribution in [3.8, 4) is 22.7 Å². The molecule has 0 spiro atoms. The van der Waals surface area contributed by atoms with E-state index in [1.54, 1.807) is 4.90 Å². The van der Waals surface area contributed by atoms with E-state index in [2.05, 4.69) is 6.92 Å². The van der Waals surface area contributed by atoms with E-state index in [-0.39, 0.29) is 5.91 Å². The van der Waals surface area contributed by atoms with Gasteiger partial charge in [-0.05, 0) is 66.6 Å². The molecule has 1 aliphatic heterocycles. The summed E-state index contributed by atoms with van der Waals surface area (Å²) in [6, 6.07) is 25.5. The minimum Gasteiger partial charge on any atom is -0.489 e. The van der Waals surface area contributed by atoms with E-state index in [1.807, 2.05) is 95.8 Å². The zero-order chi connectivity index (χ0) is 29.3. The van der Waals surface area contributed by atoms with Crippen molar-refractivity contribution in [1.82, 2.24) is 14.7 Å². The van der Waals surface area contributed by atoms with Crippen LogP contribution >= 0.6 is 35.6 Å². The van der Waals surface area contributed by atoms with Crippen molar-refractivity contribution in [2.24, 2.45) is 0 Å². The van der Waals surface area contributed by atoms with Gasteiger partial charge in [-0.15, -0.1) is 0 Å². The van der Waals surface area contributed by atoms with Crippen molar-refractivity contribution < 1.29 is 9.53 Å². The third kappa shape index (κ3) is 7.71. The molecule has 3 aromatic carbocycles. The number of amides is 1. The number of hydrogen-bond acceptors (Lipinski definition) is 5. The molecule has 8 heteroatoms. The van der Waals surface area contributed by atoms with Gasteiger partial charge >= 0.3 is 0 Å². The fraction of sp³-hybridized carbons (Fsp3) is 0.265. The summed E-state index contributed by atoms with van der Waals surface area (Å²) in [5.74, 6) is 0.733. The molecule has 0 bridgehead atoms. The van der Waals surface area contributed by atoms with Gasteiger partial charge in [-0.1, -0.05) is 105 Å². The Balaban J connectivity index is 1.35. The Bertz CT molecular complexity index is 1530. The zero-order valence-corrected chi connectivity index (χ0v) is 26.1. The Morgan fingerprint density at radius 1 is 0.929 bits per heavy atom. The van der Waals surface area contributed by atoms with Crippen LogP contribution in [0.4, 0.5) is 0 Å². The van der Waals surface area contributed by atoms with Gasteiger partial charge in [-0.3, -0.25) is 9.69 Å². The van der Waals surface area contributed by atoms with Gasteiger partial charge in [-0.25, -0.2) is 4.68 Å². The monoisotopic (exact) mass is 615 g/mol. The lowest BCUT2D eigenvalue weighted by Gasteiger charge is -2.13. The molecule has 216 valence electrons. The molecule has 5 rings (SSSR count). The molecule has 1 aromatic heterocycles. The molecule has 0 saturated carbocycles. The molecule has 42 heavy (non-hydrogen) atoms. The third-order valence-electron chi connectivity index (χ3n) is 7.11. The Labute approximate surface area is 262 Å². The van der Waals surface area contributed by atoms with Crippen molar-refractivity contribution in [3.05, 3.63) is 106 Å². The average molecular weight is 616 g/mol. The number of nitrogens with zero attached hydrogens (tertiary/aromatic N) is 3. The molecule has 0 unspecified atom stereocenters. The van der Waals surface area contributed by atoms with E-state index < -0.39 is 0 Å². The molecule has 0 atom stereocenters. The number of hydrogen-bond donors (Lipinski definition) is 0. The van der Waals surface area contributed by atoms with E-state index in [4.69, 9.17) is 33.7 Å². The van der Waals surface area contributed by atoms with Crippen LogP contribution < -0.4 is 4.74 Å². The first-order valence-electron chi connectivity index (χ1n) is 14.4. The van der Waals surface area contributed by atoms with Gasteiger partial charge in [0.15, 0.2) is 0 Å². The first-order valence-corrected chi connectivity index (χ1v) is 16.0. The van der Waals surface area contributed by atoms with Crippen LogP contribution in [0, 0.1) is 0 Å². The molecule has 1 amide bonds. The van der Waals surface area contributed by atoms with Gasteiger partial charge in [0, 0.05) is 28.9 Å². The second-order valence-corrected chi connectivity index (χ2v) is 12.4. The van der Waals surface area contributed by atoms with E-state index >= 15 is 0 Å². The van der Waals surface area contributed by atoms with Crippen LogP contribution in [-0.4, -0.2) is 31.5 Å². The minimum absolute atomic E-state index is 0.0251. The number of thioether (sulfide) groups is 1. The molecule has 5 nitrogen and oxygen atoms in total. The highest BCUT2D eigenvalue weighted by Crippen LogP contribution is 2.35. The van der Waals surface area contributed by atoms with E-state index in [1.165, 1.54) is 37.4 Å². The zero-order valence-electron chi connectivity index (χ0n) is 23.7. The standard InChI is InChI=1S/C34H34ClN3O2S2/c1-2-3-4-5-6-10-21-37-33(39)31(42-34(37)41)22-27-23-38(29-11-8-7-9-12-29)36-32(27)26-15-19-30(20-16-26)40-24-25-13-17-28(35)18-14-25/h7-9,11-20,22-23H,2-6,10,21,24H2,1H3. The number of aromatic nitrogens is 2. The lowest BCUT2D eigenvalue weighted by atomic mass is 10.1. The maximum atomic E-state index is 13.4. The second-order valence-electron chi connectivity index (χ2n) is 10.3. The Kier molecular flexibility index (Phi) is 10.5. The molecule has 0 N–H and O–H groups in total. The van der Waals surface area contributed by atoms with Crippen molar-refractivity contribution >= 4 is 51.9 Å². The van der Waals surface area contributed by atoms with Gasteiger partial charge in [-0.2, -0.15) is 5.10 Å². The van der Waals surface area contributed by atoms with Crippen molar-refractivity contribution in [3.63, 3.8) is 0 Å². The predicted molar refractivity (Wildman–Crippen MR) is 178 cm³/mol. The quantitative estimate of drug-likeness (QED) is 0.0852. The number of thiocarbonyl (C=S) groups is 1. The maximum Gasteiger partial charge on any atom is 0.266 e. The van der Waals surface area contributed by atoms with Crippen LogP contribution in [0.3, 0.4) is 0 Å². The molecular weight excluding hydrogens is 582 g/mol. The normalized spacial score (nSPS) is 14.2. The molecule has 1 saturated heterocycles. The van der Waals surface area contributed by atoms with Crippen LogP contribution in [0.25, 0.3) is 23.0 Å². The molecule has 4 aromatic rings. The Hall–Kier alpha value is -3.39. The van der Waals surface area contributed by atoms with Gasteiger partial charge in [0.25, 0.3) is 5.91 Å². The average Bonchev–Trinajstić information content (AvgIpc) is 3.55. The number of benzene rings is 3. The molecule has 0 aliphatic carbocycles. The number of unbranched alkanes of at least 4 members (excludes halogenated alkanes) is 5. The second kappa shape index (κ2) is 14.7. The van der Waals surface area contributed by atoms with Crippen molar-refractivity contribution in [2.75, 3.05) is 6.54 Å². The fourth-order valence-electron chi connectivity index (χ4n) is 4.77. The summed E-state index contributed by atoms with van der Waals surface area (Å²) in [7, 11) is 0. The van der Waals surface area contributed by atoms with Gasteiger partial charge in [0.05, 0.1) is 16.3 Å². The number of rotatable bonds is 13. The Morgan fingerprint density at radius 3 is 2.38 bits per heavy atom. The van der Waals surface area contributed by atoms with Crippen LogP contribution in [-0.2, 0) is 11.4 Å². The minimum atomic E-state index is -0.0251. The van der Waals surface area contributed by atoms with Crippen LogP contribution in [0.5, 0.6) is 5.75 Å². The van der Waals surface area contributed by atoms with E-state index in [0.29, 0.717) is 27.4 Å². The summed E-state index contributed by atoms with van der Waals surface area (Å²) >= 11 is 13.0. The van der Waals surface area contributed by atoms with Crippen molar-refractivity contribution in [2.45, 2.75) is 52.1 Å². The number of halogens is 1. The first-order chi connectivity index (χ1) is 20.5. The van der Waals surface area contributed by atoms with Gasteiger partial charge < -0.3 is 4.74 Å². The number of carbonyl (C=O) groups is 1. The van der Waals surface area contributed by atoms with Crippen LogP contribution in [0.1, 0.15) is 56.6 Å². The summed E-state index contributed by atoms with van der Waals surface area (Å²) in [4.78, 5) is 15.7. The van der Waals surface area contributed by atoms with E-state index in [9.17, 15) is 4.79 Å². The predicted octanol–water partition coefficient (Wildman–Crippen LogP) is 9.33.